The minimum Gasteiger partial charge on any atom is -0.489 e. The average molecular weight is 404 g/mol. The van der Waals surface area contributed by atoms with E-state index in [2.05, 4.69) is 15.8 Å². The summed E-state index contributed by atoms with van der Waals surface area (Å²) in [5.74, 6) is 0.357. The Morgan fingerprint density at radius 1 is 1.03 bits per heavy atom. The minimum absolute atomic E-state index is 0.0398. The number of nitrogens with one attached hydrogen (secondary N) is 2. The van der Waals surface area contributed by atoms with Crippen LogP contribution < -0.4 is 15.5 Å². The third-order valence-corrected chi connectivity index (χ3v) is 4.04. The molecule has 30 heavy (non-hydrogen) atoms. The predicted octanol–water partition coefficient (Wildman–Crippen LogP) is 3.74. The van der Waals surface area contributed by atoms with Crippen LogP contribution in [0.2, 0.25) is 0 Å². The molecule has 0 radical (unpaired) electrons. The number of benzene rings is 3. The molecule has 3 aromatic rings. The van der Waals surface area contributed by atoms with Crippen molar-refractivity contribution in [1.82, 2.24) is 5.43 Å². The van der Waals surface area contributed by atoms with Gasteiger partial charge in [0.25, 0.3) is 11.6 Å². The number of hydrogen-bond donors (Lipinski definition) is 2. The molecule has 0 aliphatic heterocycles. The first-order chi connectivity index (χ1) is 14.6. The first kappa shape index (κ1) is 20.5. The van der Waals surface area contributed by atoms with Crippen molar-refractivity contribution in [3.63, 3.8) is 0 Å². The number of hydrazone groups is 1. The Labute approximate surface area is 173 Å². The molecule has 8 heteroatoms. The van der Waals surface area contributed by atoms with E-state index in [-0.39, 0.29) is 24.7 Å². The van der Waals surface area contributed by atoms with Crippen molar-refractivity contribution in [1.29, 1.82) is 0 Å². The molecular weight excluding hydrogens is 384 g/mol. The maximum atomic E-state index is 11.8. The van der Waals surface area contributed by atoms with E-state index in [9.17, 15) is 14.9 Å². The summed E-state index contributed by atoms with van der Waals surface area (Å²) in [6.45, 7) is 0.389. The summed E-state index contributed by atoms with van der Waals surface area (Å²) < 4.78 is 5.72. The van der Waals surface area contributed by atoms with Crippen LogP contribution in [-0.2, 0) is 11.4 Å². The standard InChI is InChI=1S/C22H20N4O4/c27-22(15-23-19-6-2-1-3-7-19)25-24-14-18-5-4-8-21(13-18)30-16-17-9-11-20(12-10-17)26(28)29/h1-14,23H,15-16H2,(H,25,27)/b24-14-. The summed E-state index contributed by atoms with van der Waals surface area (Å²) in [5.41, 5.74) is 4.94. The Bertz CT molecular complexity index is 1020. The van der Waals surface area contributed by atoms with Crippen LogP contribution in [0, 0.1) is 10.1 Å². The van der Waals surface area contributed by atoms with Crippen molar-refractivity contribution in [3.05, 3.63) is 100 Å². The fourth-order valence-corrected chi connectivity index (χ4v) is 2.52. The number of hydrogen-bond acceptors (Lipinski definition) is 6. The van der Waals surface area contributed by atoms with Gasteiger partial charge in [-0.15, -0.1) is 0 Å². The van der Waals surface area contributed by atoms with Crippen LogP contribution in [0.4, 0.5) is 11.4 Å². The lowest BCUT2D eigenvalue weighted by molar-refractivity contribution is -0.384. The molecule has 0 saturated heterocycles. The van der Waals surface area contributed by atoms with Crippen molar-refractivity contribution in [2.24, 2.45) is 5.10 Å². The first-order valence-electron chi connectivity index (χ1n) is 9.17. The molecule has 152 valence electrons. The number of nitro groups is 1. The molecule has 0 unspecified atom stereocenters. The normalized spacial score (nSPS) is 10.5. The zero-order valence-electron chi connectivity index (χ0n) is 16.0. The van der Waals surface area contributed by atoms with E-state index < -0.39 is 4.92 Å². The van der Waals surface area contributed by atoms with Crippen molar-refractivity contribution >= 4 is 23.5 Å². The summed E-state index contributed by atoms with van der Waals surface area (Å²) in [5, 5.41) is 17.6. The Hall–Kier alpha value is -4.20. The SMILES string of the molecule is O=C(CNc1ccccc1)N/N=C\c1cccc(OCc2ccc([N+](=O)[O-])cc2)c1. The van der Waals surface area contributed by atoms with Gasteiger partial charge >= 0.3 is 0 Å². The topological polar surface area (TPSA) is 106 Å². The van der Waals surface area contributed by atoms with Gasteiger partial charge in [-0.25, -0.2) is 5.43 Å². The highest BCUT2D eigenvalue weighted by atomic mass is 16.6. The van der Waals surface area contributed by atoms with E-state index in [1.54, 1.807) is 24.3 Å². The van der Waals surface area contributed by atoms with Gasteiger partial charge in [0, 0.05) is 17.8 Å². The molecule has 8 nitrogen and oxygen atoms in total. The number of carbonyl (C=O) groups is 1. The lowest BCUT2D eigenvalue weighted by Gasteiger charge is -2.07. The molecule has 0 aromatic heterocycles. The van der Waals surface area contributed by atoms with Crippen LogP contribution >= 0.6 is 0 Å². The highest BCUT2D eigenvalue weighted by Crippen LogP contribution is 2.16. The van der Waals surface area contributed by atoms with Crippen LogP contribution in [0.5, 0.6) is 5.75 Å². The third-order valence-electron chi connectivity index (χ3n) is 4.04. The van der Waals surface area contributed by atoms with Crippen molar-refractivity contribution in [2.45, 2.75) is 6.61 Å². The zero-order valence-corrected chi connectivity index (χ0v) is 16.0. The van der Waals surface area contributed by atoms with Crippen molar-refractivity contribution in [2.75, 3.05) is 11.9 Å². The maximum Gasteiger partial charge on any atom is 0.269 e. The third kappa shape index (κ3) is 6.45. The number of para-hydroxylation sites is 1. The highest BCUT2D eigenvalue weighted by Gasteiger charge is 2.04. The van der Waals surface area contributed by atoms with Crippen molar-refractivity contribution < 1.29 is 14.5 Å². The number of nitrogens with zero attached hydrogens (tertiary/aromatic N) is 2. The average Bonchev–Trinajstić information content (AvgIpc) is 2.77. The predicted molar refractivity (Wildman–Crippen MR) is 115 cm³/mol. The Balaban J connectivity index is 1.47. The van der Waals surface area contributed by atoms with E-state index in [1.807, 2.05) is 42.5 Å². The Morgan fingerprint density at radius 2 is 1.80 bits per heavy atom. The molecule has 0 saturated carbocycles. The van der Waals surface area contributed by atoms with E-state index in [0.717, 1.165) is 16.8 Å². The minimum atomic E-state index is -0.441. The molecule has 3 rings (SSSR count). The van der Waals surface area contributed by atoms with Gasteiger partial charge in [-0.05, 0) is 47.5 Å². The smallest absolute Gasteiger partial charge is 0.269 e. The van der Waals surface area contributed by atoms with Crippen LogP contribution in [-0.4, -0.2) is 23.6 Å². The number of carbonyl (C=O) groups excluding carboxylic acids is 1. The quantitative estimate of drug-likeness (QED) is 0.321. The molecule has 0 bridgehead atoms. The number of rotatable bonds is 9. The Kier molecular flexibility index (Phi) is 7.10. The molecular formula is C22H20N4O4. The summed E-state index contributed by atoms with van der Waals surface area (Å²) in [4.78, 5) is 22.1. The van der Waals surface area contributed by atoms with Crippen molar-refractivity contribution in [3.8, 4) is 5.75 Å². The zero-order chi connectivity index (χ0) is 21.2. The fraction of sp³-hybridized carbons (Fsp3) is 0.0909. The molecule has 2 N–H and O–H groups in total. The molecule has 0 aliphatic rings. The lowest BCUT2D eigenvalue weighted by Crippen LogP contribution is -2.25. The van der Waals surface area contributed by atoms with Crippen LogP contribution in [0.1, 0.15) is 11.1 Å². The van der Waals surface area contributed by atoms with Gasteiger partial charge in [-0.2, -0.15) is 5.10 Å². The second-order valence-corrected chi connectivity index (χ2v) is 6.30. The van der Waals surface area contributed by atoms with E-state index >= 15 is 0 Å². The first-order valence-corrected chi connectivity index (χ1v) is 9.17. The maximum absolute atomic E-state index is 11.8. The van der Waals surface area contributed by atoms with Gasteiger partial charge in [-0.3, -0.25) is 14.9 Å². The number of non-ortho nitro benzene ring substituents is 1. The van der Waals surface area contributed by atoms with E-state index in [4.69, 9.17) is 4.74 Å². The molecule has 3 aromatic carbocycles. The summed E-state index contributed by atoms with van der Waals surface area (Å²) >= 11 is 0. The molecule has 0 fully saturated rings. The number of amides is 1. The molecule has 0 atom stereocenters. The van der Waals surface area contributed by atoms with Gasteiger partial charge in [0.05, 0.1) is 17.7 Å². The number of ether oxygens (including phenoxy) is 1. The van der Waals surface area contributed by atoms with Crippen LogP contribution in [0.25, 0.3) is 0 Å². The number of anilines is 1. The second kappa shape index (κ2) is 10.4. The summed E-state index contributed by atoms with van der Waals surface area (Å²) in [6.07, 6.45) is 1.53. The Morgan fingerprint density at radius 3 is 2.53 bits per heavy atom. The van der Waals surface area contributed by atoms with Gasteiger partial charge in [0.15, 0.2) is 0 Å². The lowest BCUT2D eigenvalue weighted by atomic mass is 10.2. The van der Waals surface area contributed by atoms with E-state index in [0.29, 0.717) is 5.75 Å². The molecule has 0 spiro atoms. The van der Waals surface area contributed by atoms with Crippen LogP contribution in [0.3, 0.4) is 0 Å². The largest absolute Gasteiger partial charge is 0.489 e. The van der Waals surface area contributed by atoms with Gasteiger partial charge in [0.1, 0.15) is 12.4 Å². The van der Waals surface area contributed by atoms with Gasteiger partial charge in [0.2, 0.25) is 0 Å². The fourth-order valence-electron chi connectivity index (χ4n) is 2.52. The van der Waals surface area contributed by atoms with Crippen LogP contribution in [0.15, 0.2) is 84.0 Å². The van der Waals surface area contributed by atoms with E-state index in [1.165, 1.54) is 18.3 Å². The summed E-state index contributed by atoms with van der Waals surface area (Å²) in [7, 11) is 0. The van der Waals surface area contributed by atoms with Gasteiger partial charge in [-0.1, -0.05) is 30.3 Å². The van der Waals surface area contributed by atoms with Gasteiger partial charge < -0.3 is 10.1 Å². The molecule has 0 heterocycles. The molecule has 1 amide bonds. The second-order valence-electron chi connectivity index (χ2n) is 6.30. The molecule has 0 aliphatic carbocycles. The summed E-state index contributed by atoms with van der Waals surface area (Å²) in [6, 6.07) is 22.8. The highest BCUT2D eigenvalue weighted by molar-refractivity contribution is 5.84. The monoisotopic (exact) mass is 404 g/mol. The number of nitro benzene ring substituents is 1.